The van der Waals surface area contributed by atoms with Crippen molar-refractivity contribution in [2.45, 2.75) is 12.8 Å². The number of H-pyrrole nitrogens is 1. The Kier molecular flexibility index (Phi) is 5.21. The first-order valence-corrected chi connectivity index (χ1v) is 9.69. The molecule has 0 bridgehead atoms. The lowest BCUT2D eigenvalue weighted by Crippen LogP contribution is -2.00. The molecule has 0 saturated heterocycles. The van der Waals surface area contributed by atoms with Crippen LogP contribution in [0.2, 0.25) is 0 Å². The third kappa shape index (κ3) is 3.97. The molecule has 0 amide bonds. The summed E-state index contributed by atoms with van der Waals surface area (Å²) in [6, 6.07) is 22.6. The van der Waals surface area contributed by atoms with Crippen molar-refractivity contribution in [3.8, 4) is 11.1 Å². The van der Waals surface area contributed by atoms with E-state index in [0.29, 0.717) is 17.3 Å². The summed E-state index contributed by atoms with van der Waals surface area (Å²) in [6.07, 6.45) is 0. The summed E-state index contributed by atoms with van der Waals surface area (Å²) in [5.74, 6) is 0.785. The number of hydrogen-bond donors (Lipinski definition) is 2. The molecule has 1 unspecified atom stereocenters. The molecule has 1 atom stereocenters. The maximum absolute atomic E-state index is 14.7. The van der Waals surface area contributed by atoms with Crippen LogP contribution in [0.15, 0.2) is 77.3 Å². The molecule has 1 aromatic heterocycles. The van der Waals surface area contributed by atoms with Gasteiger partial charge in [0.1, 0.15) is 11.6 Å². The van der Waals surface area contributed by atoms with Gasteiger partial charge in [-0.05, 0) is 41.5 Å². The lowest BCUT2D eigenvalue weighted by atomic mass is 9.96. The van der Waals surface area contributed by atoms with E-state index in [9.17, 15) is 4.39 Å². The van der Waals surface area contributed by atoms with Crippen LogP contribution in [0.4, 0.5) is 16.0 Å². The number of benzene rings is 3. The van der Waals surface area contributed by atoms with Gasteiger partial charge in [0.05, 0.1) is 0 Å². The van der Waals surface area contributed by atoms with Gasteiger partial charge in [0, 0.05) is 21.6 Å². The number of nitrogens with one attached hydrogen (secondary N) is 2. The van der Waals surface area contributed by atoms with Crippen LogP contribution in [0.1, 0.15) is 24.2 Å². The van der Waals surface area contributed by atoms with Crippen LogP contribution in [0.25, 0.3) is 11.1 Å². The summed E-state index contributed by atoms with van der Waals surface area (Å²) in [5.41, 5.74) is 3.18. The van der Waals surface area contributed by atoms with E-state index < -0.39 is 0 Å². The molecule has 0 saturated carbocycles. The molecular weight excluding hydrogens is 419 g/mol. The Labute approximate surface area is 171 Å². The van der Waals surface area contributed by atoms with Crippen LogP contribution < -0.4 is 5.32 Å². The van der Waals surface area contributed by atoms with Crippen LogP contribution in [0.3, 0.4) is 0 Å². The standard InChI is InChI=1S/C22H18BrFN4/c1-14(16-7-12-19(20(24)13-16)15-5-3-2-4-6-15)21-26-22(28-27-21)25-18-10-8-17(23)9-11-18/h2-14H,1H3,(H2,25,26,27,28). The van der Waals surface area contributed by atoms with Crippen molar-refractivity contribution in [1.82, 2.24) is 15.2 Å². The fraction of sp³-hybridized carbons (Fsp3) is 0.0909. The molecule has 0 aliphatic heterocycles. The van der Waals surface area contributed by atoms with E-state index in [2.05, 4.69) is 36.4 Å². The number of aromatic nitrogens is 3. The van der Waals surface area contributed by atoms with Crippen LogP contribution >= 0.6 is 15.9 Å². The average Bonchev–Trinajstić information content (AvgIpc) is 3.18. The van der Waals surface area contributed by atoms with Crippen molar-refractivity contribution in [1.29, 1.82) is 0 Å². The summed E-state index contributed by atoms with van der Waals surface area (Å²) in [6.45, 7) is 1.97. The normalized spacial score (nSPS) is 12.0. The highest BCUT2D eigenvalue weighted by atomic mass is 79.9. The minimum atomic E-state index is -0.247. The predicted molar refractivity (Wildman–Crippen MR) is 113 cm³/mol. The van der Waals surface area contributed by atoms with Crippen molar-refractivity contribution < 1.29 is 4.39 Å². The monoisotopic (exact) mass is 436 g/mol. The van der Waals surface area contributed by atoms with E-state index in [4.69, 9.17) is 0 Å². The van der Waals surface area contributed by atoms with E-state index in [-0.39, 0.29) is 11.7 Å². The molecule has 2 N–H and O–H groups in total. The highest BCUT2D eigenvalue weighted by molar-refractivity contribution is 9.10. The van der Waals surface area contributed by atoms with E-state index in [1.807, 2.05) is 73.7 Å². The summed E-state index contributed by atoms with van der Waals surface area (Å²) in [5, 5.41) is 10.3. The maximum atomic E-state index is 14.7. The van der Waals surface area contributed by atoms with Crippen molar-refractivity contribution in [3.05, 3.63) is 94.5 Å². The highest BCUT2D eigenvalue weighted by Gasteiger charge is 2.16. The van der Waals surface area contributed by atoms with Gasteiger partial charge in [-0.3, -0.25) is 5.10 Å². The van der Waals surface area contributed by atoms with Gasteiger partial charge in [0.2, 0.25) is 5.95 Å². The fourth-order valence-corrected chi connectivity index (χ4v) is 3.26. The summed E-state index contributed by atoms with van der Waals surface area (Å²) in [4.78, 5) is 4.50. The van der Waals surface area contributed by atoms with Crippen molar-refractivity contribution in [2.24, 2.45) is 0 Å². The molecular formula is C22H18BrFN4. The zero-order valence-electron chi connectivity index (χ0n) is 15.2. The highest BCUT2D eigenvalue weighted by Crippen LogP contribution is 2.28. The summed E-state index contributed by atoms with van der Waals surface area (Å²) < 4.78 is 15.7. The molecule has 6 heteroatoms. The van der Waals surface area contributed by atoms with E-state index in [1.165, 1.54) is 0 Å². The van der Waals surface area contributed by atoms with Crippen molar-refractivity contribution in [2.75, 3.05) is 5.32 Å². The van der Waals surface area contributed by atoms with Gasteiger partial charge >= 0.3 is 0 Å². The Morgan fingerprint density at radius 3 is 2.46 bits per heavy atom. The van der Waals surface area contributed by atoms with Gasteiger partial charge in [-0.25, -0.2) is 4.39 Å². The van der Waals surface area contributed by atoms with Crippen LogP contribution in [0, 0.1) is 5.82 Å². The number of aromatic amines is 1. The molecule has 0 fully saturated rings. The number of nitrogens with zero attached hydrogens (tertiary/aromatic N) is 2. The average molecular weight is 437 g/mol. The molecule has 0 aliphatic rings. The number of anilines is 2. The quantitative estimate of drug-likeness (QED) is 0.387. The lowest BCUT2D eigenvalue weighted by Gasteiger charge is -2.11. The van der Waals surface area contributed by atoms with E-state index in [1.54, 1.807) is 6.07 Å². The zero-order valence-corrected chi connectivity index (χ0v) is 16.7. The zero-order chi connectivity index (χ0) is 19.5. The van der Waals surface area contributed by atoms with Gasteiger partial charge in [-0.2, -0.15) is 4.98 Å². The second kappa shape index (κ2) is 7.94. The molecule has 4 nitrogen and oxygen atoms in total. The summed E-state index contributed by atoms with van der Waals surface area (Å²) >= 11 is 3.41. The van der Waals surface area contributed by atoms with Gasteiger partial charge in [-0.1, -0.05) is 65.3 Å². The lowest BCUT2D eigenvalue weighted by molar-refractivity contribution is 0.627. The molecule has 28 heavy (non-hydrogen) atoms. The van der Waals surface area contributed by atoms with Crippen LogP contribution in [-0.4, -0.2) is 15.2 Å². The Morgan fingerprint density at radius 2 is 1.75 bits per heavy atom. The minimum absolute atomic E-state index is 0.118. The topological polar surface area (TPSA) is 53.6 Å². The minimum Gasteiger partial charge on any atom is -0.323 e. The molecule has 0 aliphatic carbocycles. The smallest absolute Gasteiger partial charge is 0.246 e. The first-order chi connectivity index (χ1) is 13.6. The van der Waals surface area contributed by atoms with Crippen molar-refractivity contribution >= 4 is 27.6 Å². The van der Waals surface area contributed by atoms with E-state index in [0.717, 1.165) is 21.3 Å². The number of hydrogen-bond acceptors (Lipinski definition) is 3. The molecule has 0 spiro atoms. The van der Waals surface area contributed by atoms with Gasteiger partial charge in [-0.15, -0.1) is 5.10 Å². The Hall–Kier alpha value is -2.99. The Bertz CT molecular complexity index is 1080. The molecule has 4 rings (SSSR count). The molecule has 3 aromatic carbocycles. The largest absolute Gasteiger partial charge is 0.323 e. The fourth-order valence-electron chi connectivity index (χ4n) is 3.00. The van der Waals surface area contributed by atoms with Gasteiger partial charge in [0.15, 0.2) is 0 Å². The number of halogens is 2. The predicted octanol–water partition coefficient (Wildman–Crippen LogP) is 6.27. The third-order valence-electron chi connectivity index (χ3n) is 4.59. The third-order valence-corrected chi connectivity index (χ3v) is 5.12. The van der Waals surface area contributed by atoms with Crippen LogP contribution in [0.5, 0.6) is 0 Å². The van der Waals surface area contributed by atoms with Gasteiger partial charge < -0.3 is 5.32 Å². The first kappa shape index (κ1) is 18.4. The maximum Gasteiger partial charge on any atom is 0.246 e. The second-order valence-electron chi connectivity index (χ2n) is 6.50. The Balaban J connectivity index is 1.53. The molecule has 0 radical (unpaired) electrons. The van der Waals surface area contributed by atoms with Gasteiger partial charge in [0.25, 0.3) is 0 Å². The van der Waals surface area contributed by atoms with E-state index >= 15 is 0 Å². The molecule has 140 valence electrons. The number of rotatable bonds is 5. The first-order valence-electron chi connectivity index (χ1n) is 8.90. The molecule has 1 heterocycles. The SMILES string of the molecule is CC(c1ccc(-c2ccccc2)c(F)c1)c1nc(Nc2ccc(Br)cc2)n[nH]1. The van der Waals surface area contributed by atoms with Crippen molar-refractivity contribution in [3.63, 3.8) is 0 Å². The van der Waals surface area contributed by atoms with Crippen LogP contribution in [-0.2, 0) is 0 Å². The summed E-state index contributed by atoms with van der Waals surface area (Å²) in [7, 11) is 0. The molecule has 4 aromatic rings. The Morgan fingerprint density at radius 1 is 1.00 bits per heavy atom. The second-order valence-corrected chi connectivity index (χ2v) is 7.42.